The van der Waals surface area contributed by atoms with Crippen molar-refractivity contribution in [3.05, 3.63) is 70.9 Å². The number of nitrogens with two attached hydrogens (primary N) is 1. The van der Waals surface area contributed by atoms with Crippen LogP contribution in [0.25, 0.3) is 16.6 Å². The Morgan fingerprint density at radius 1 is 1.18 bits per heavy atom. The number of nitrogens with zero attached hydrogens (tertiary/aromatic N) is 4. The van der Waals surface area contributed by atoms with Crippen LogP contribution in [0.2, 0.25) is 0 Å². The number of imidazole rings is 1. The second-order valence-electron chi connectivity index (χ2n) is 8.68. The van der Waals surface area contributed by atoms with E-state index in [-0.39, 0.29) is 28.7 Å². The van der Waals surface area contributed by atoms with Crippen molar-refractivity contribution < 1.29 is 22.4 Å². The summed E-state index contributed by atoms with van der Waals surface area (Å²) >= 11 is 0. The molecule has 0 radical (unpaired) electrons. The fourth-order valence-electron chi connectivity index (χ4n) is 5.17. The first-order chi connectivity index (χ1) is 15.6. The van der Waals surface area contributed by atoms with Gasteiger partial charge in [-0.25, -0.2) is 14.4 Å². The van der Waals surface area contributed by atoms with Crippen LogP contribution in [0.5, 0.6) is 0 Å². The zero-order valence-corrected chi connectivity index (χ0v) is 17.3. The van der Waals surface area contributed by atoms with Gasteiger partial charge in [0, 0.05) is 13.1 Å². The molecule has 0 unspecified atom stereocenters. The predicted octanol–water partition coefficient (Wildman–Crippen LogP) is 4.55. The van der Waals surface area contributed by atoms with Crippen molar-refractivity contribution in [2.24, 2.45) is 5.92 Å². The first-order valence-corrected chi connectivity index (χ1v) is 10.3. The molecule has 0 saturated heterocycles. The average Bonchev–Trinajstić information content (AvgIpc) is 3.24. The van der Waals surface area contributed by atoms with Gasteiger partial charge in [0.1, 0.15) is 17.2 Å². The van der Waals surface area contributed by atoms with Crippen LogP contribution < -0.4 is 5.73 Å². The Hall–Kier alpha value is -3.69. The van der Waals surface area contributed by atoms with Crippen molar-refractivity contribution in [2.75, 3.05) is 12.8 Å². The number of carbonyl (C=O) groups excluding carboxylic acids is 1. The van der Waals surface area contributed by atoms with E-state index in [0.29, 0.717) is 28.6 Å². The van der Waals surface area contributed by atoms with E-state index in [1.54, 1.807) is 11.4 Å². The topological polar surface area (TPSA) is 76.5 Å². The minimum atomic E-state index is -4.43. The number of aromatic nitrogens is 3. The second kappa shape index (κ2) is 6.43. The van der Waals surface area contributed by atoms with E-state index in [1.165, 1.54) is 35.6 Å². The van der Waals surface area contributed by atoms with Crippen molar-refractivity contribution in [3.8, 4) is 0 Å². The highest BCUT2D eigenvalue weighted by molar-refractivity contribution is 5.98. The van der Waals surface area contributed by atoms with Gasteiger partial charge in [0.15, 0.2) is 0 Å². The van der Waals surface area contributed by atoms with Gasteiger partial charge in [-0.05, 0) is 47.6 Å². The molecule has 2 aliphatic rings. The molecule has 2 aromatic carbocycles. The van der Waals surface area contributed by atoms with Crippen LogP contribution in [-0.4, -0.2) is 32.2 Å². The fourth-order valence-corrected chi connectivity index (χ4v) is 5.17. The van der Waals surface area contributed by atoms with Gasteiger partial charge in [-0.1, -0.05) is 6.07 Å². The molecule has 6 rings (SSSR count). The molecular formula is C23H17F4N5O. The number of halogens is 4. The molecule has 33 heavy (non-hydrogen) atoms. The molecule has 0 aliphatic heterocycles. The van der Waals surface area contributed by atoms with Crippen molar-refractivity contribution in [1.82, 2.24) is 19.3 Å². The first kappa shape index (κ1) is 20.0. The smallest absolute Gasteiger partial charge is 0.382 e. The predicted molar refractivity (Wildman–Crippen MR) is 112 cm³/mol. The minimum Gasteiger partial charge on any atom is -0.382 e. The van der Waals surface area contributed by atoms with Crippen molar-refractivity contribution in [2.45, 2.75) is 24.6 Å². The van der Waals surface area contributed by atoms with E-state index in [1.807, 2.05) is 0 Å². The van der Waals surface area contributed by atoms with E-state index >= 15 is 0 Å². The van der Waals surface area contributed by atoms with Gasteiger partial charge in [0.05, 0.1) is 40.7 Å². The lowest BCUT2D eigenvalue weighted by atomic mass is 9.98. The highest BCUT2D eigenvalue weighted by Crippen LogP contribution is 2.63. The Bertz CT molecular complexity index is 1480. The lowest BCUT2D eigenvalue weighted by Crippen LogP contribution is -2.32. The standard InChI is InChI=1S/C23H17F4N5O/c1-31(20-11-3-2-10(23(25,26)27)4-12(11)13-5-14(13)20)22(33)15-6-18-17(7-16(15)24)30-21(28)19-8-29-9-32(18)19/h2-4,6-9,13-14,20H,5H2,1H3,(H2,28,30)/t13-,14-,20+/m1/s1. The number of fused-ring (bicyclic) bond motifs is 6. The van der Waals surface area contributed by atoms with Gasteiger partial charge in [-0.3, -0.25) is 9.20 Å². The second-order valence-corrected chi connectivity index (χ2v) is 8.68. The Balaban J connectivity index is 1.40. The Kier molecular flexibility index (Phi) is 3.89. The number of carbonyl (C=O) groups is 1. The van der Waals surface area contributed by atoms with E-state index in [9.17, 15) is 22.4 Å². The van der Waals surface area contributed by atoms with Gasteiger partial charge < -0.3 is 10.6 Å². The number of benzene rings is 2. The number of alkyl halides is 3. The van der Waals surface area contributed by atoms with E-state index in [2.05, 4.69) is 9.97 Å². The van der Waals surface area contributed by atoms with Gasteiger partial charge in [0.25, 0.3) is 5.91 Å². The van der Waals surface area contributed by atoms with E-state index in [4.69, 9.17) is 5.73 Å². The van der Waals surface area contributed by atoms with Crippen molar-refractivity contribution in [3.63, 3.8) is 0 Å². The normalized spacial score (nSPS) is 21.3. The monoisotopic (exact) mass is 455 g/mol. The summed E-state index contributed by atoms with van der Waals surface area (Å²) in [5.74, 6) is -1.09. The molecule has 2 aromatic heterocycles. The van der Waals surface area contributed by atoms with E-state index < -0.39 is 29.5 Å². The van der Waals surface area contributed by atoms with Crippen LogP contribution >= 0.6 is 0 Å². The molecule has 1 saturated carbocycles. The number of anilines is 1. The molecule has 0 spiro atoms. The SMILES string of the molecule is CN(C(=O)c1cc2c(cc1F)nc(N)c1cncn12)[C@H]1c2ccc(C(F)(F)F)cc2[C@H]2C[C@H]21. The Morgan fingerprint density at radius 2 is 1.97 bits per heavy atom. The maximum Gasteiger partial charge on any atom is 0.416 e. The first-order valence-electron chi connectivity index (χ1n) is 10.3. The Labute approximate surface area is 184 Å². The number of nitrogen functional groups attached to an aromatic ring is 1. The van der Waals surface area contributed by atoms with Gasteiger partial charge in [-0.15, -0.1) is 0 Å². The van der Waals surface area contributed by atoms with Crippen LogP contribution in [0, 0.1) is 11.7 Å². The van der Waals surface area contributed by atoms with Crippen LogP contribution in [0.1, 0.15) is 45.4 Å². The lowest BCUT2D eigenvalue weighted by Gasteiger charge is -2.28. The minimum absolute atomic E-state index is 0.0123. The average molecular weight is 455 g/mol. The third-order valence-corrected chi connectivity index (χ3v) is 6.81. The number of amides is 1. The molecular weight excluding hydrogens is 438 g/mol. The van der Waals surface area contributed by atoms with Crippen molar-refractivity contribution >= 4 is 28.3 Å². The summed E-state index contributed by atoms with van der Waals surface area (Å²) in [5, 5.41) is 0. The van der Waals surface area contributed by atoms with Gasteiger partial charge in [0.2, 0.25) is 0 Å². The maximum atomic E-state index is 15.0. The number of rotatable bonds is 2. The molecule has 10 heteroatoms. The molecule has 3 atom stereocenters. The fraction of sp³-hybridized carbons (Fsp3) is 0.261. The van der Waals surface area contributed by atoms with Crippen molar-refractivity contribution in [1.29, 1.82) is 0 Å². The molecule has 2 N–H and O–H groups in total. The summed E-state index contributed by atoms with van der Waals surface area (Å²) < 4.78 is 56.1. The van der Waals surface area contributed by atoms with Crippen LogP contribution in [0.15, 0.2) is 42.9 Å². The third kappa shape index (κ3) is 2.82. The lowest BCUT2D eigenvalue weighted by molar-refractivity contribution is -0.137. The van der Waals surface area contributed by atoms with Gasteiger partial charge >= 0.3 is 6.18 Å². The van der Waals surface area contributed by atoms with Crippen LogP contribution in [-0.2, 0) is 6.18 Å². The largest absolute Gasteiger partial charge is 0.416 e. The number of hydrogen-bond acceptors (Lipinski definition) is 4. The van der Waals surface area contributed by atoms with Crippen LogP contribution in [0.4, 0.5) is 23.4 Å². The van der Waals surface area contributed by atoms with Crippen LogP contribution in [0.3, 0.4) is 0 Å². The molecule has 0 bridgehead atoms. The van der Waals surface area contributed by atoms with E-state index in [0.717, 1.165) is 12.1 Å². The molecule has 1 amide bonds. The number of hydrogen-bond donors (Lipinski definition) is 1. The molecule has 168 valence electrons. The summed E-state index contributed by atoms with van der Waals surface area (Å²) in [5.41, 5.74) is 7.66. The summed E-state index contributed by atoms with van der Waals surface area (Å²) in [4.78, 5) is 23.1. The third-order valence-electron chi connectivity index (χ3n) is 6.81. The quantitative estimate of drug-likeness (QED) is 0.450. The molecule has 1 fully saturated rings. The molecule has 4 aromatic rings. The summed E-state index contributed by atoms with van der Waals surface area (Å²) in [6, 6.07) is 5.82. The highest BCUT2D eigenvalue weighted by Gasteiger charge is 2.54. The highest BCUT2D eigenvalue weighted by atomic mass is 19.4. The maximum absolute atomic E-state index is 15.0. The molecule has 2 heterocycles. The zero-order valence-electron chi connectivity index (χ0n) is 17.3. The summed E-state index contributed by atoms with van der Waals surface area (Å²) in [6.45, 7) is 0. The zero-order chi connectivity index (χ0) is 23.2. The Morgan fingerprint density at radius 3 is 2.73 bits per heavy atom. The summed E-state index contributed by atoms with van der Waals surface area (Å²) in [7, 11) is 1.56. The van der Waals surface area contributed by atoms with Gasteiger partial charge in [-0.2, -0.15) is 13.2 Å². The molecule has 2 aliphatic carbocycles. The summed E-state index contributed by atoms with van der Waals surface area (Å²) in [6.07, 6.45) is -0.693. The molecule has 6 nitrogen and oxygen atoms in total.